The van der Waals surface area contributed by atoms with Gasteiger partial charge in [-0.3, -0.25) is 4.98 Å². The molecule has 0 aliphatic rings. The summed E-state index contributed by atoms with van der Waals surface area (Å²) in [6.45, 7) is 1.96. The van der Waals surface area contributed by atoms with Crippen LogP contribution in [0.1, 0.15) is 5.69 Å². The van der Waals surface area contributed by atoms with Crippen LogP contribution in [0.3, 0.4) is 0 Å². The lowest BCUT2D eigenvalue weighted by atomic mass is 10.2. The van der Waals surface area contributed by atoms with E-state index in [9.17, 15) is 0 Å². The van der Waals surface area contributed by atoms with Gasteiger partial charge in [0.1, 0.15) is 5.69 Å². The van der Waals surface area contributed by atoms with Crippen LogP contribution in [-0.4, -0.2) is 29.4 Å². The number of pyridine rings is 1. The standard InChI is InChI=1S/C15H12N6/c1-11-4-6-20-15(19-11)14(9-18-20)21-10-13(8-17-21)12-3-2-5-16-7-12/h2-10H,1H3. The van der Waals surface area contributed by atoms with Crippen LogP contribution in [-0.2, 0) is 0 Å². The monoisotopic (exact) mass is 276 g/mol. The van der Waals surface area contributed by atoms with E-state index in [2.05, 4.69) is 20.2 Å². The van der Waals surface area contributed by atoms with Gasteiger partial charge >= 0.3 is 0 Å². The summed E-state index contributed by atoms with van der Waals surface area (Å²) in [6.07, 6.45) is 11.0. The van der Waals surface area contributed by atoms with Crippen molar-refractivity contribution in [1.82, 2.24) is 29.4 Å². The van der Waals surface area contributed by atoms with Crippen LogP contribution in [0.4, 0.5) is 0 Å². The lowest BCUT2D eigenvalue weighted by Gasteiger charge is -1.99. The van der Waals surface area contributed by atoms with E-state index in [0.717, 1.165) is 28.2 Å². The summed E-state index contributed by atoms with van der Waals surface area (Å²) >= 11 is 0. The van der Waals surface area contributed by atoms with Crippen LogP contribution in [0, 0.1) is 6.92 Å². The number of aryl methyl sites for hydroxylation is 1. The third-order valence-electron chi connectivity index (χ3n) is 3.31. The second kappa shape index (κ2) is 4.52. The first-order valence-corrected chi connectivity index (χ1v) is 6.58. The zero-order valence-corrected chi connectivity index (χ0v) is 11.4. The van der Waals surface area contributed by atoms with E-state index in [4.69, 9.17) is 0 Å². The van der Waals surface area contributed by atoms with Gasteiger partial charge in [0.2, 0.25) is 0 Å². The molecule has 6 heteroatoms. The van der Waals surface area contributed by atoms with Crippen LogP contribution < -0.4 is 0 Å². The van der Waals surface area contributed by atoms with Crippen molar-refractivity contribution in [2.45, 2.75) is 6.92 Å². The summed E-state index contributed by atoms with van der Waals surface area (Å²) in [5, 5.41) is 8.71. The van der Waals surface area contributed by atoms with Crippen molar-refractivity contribution in [2.75, 3.05) is 0 Å². The highest BCUT2D eigenvalue weighted by molar-refractivity contribution is 5.63. The van der Waals surface area contributed by atoms with Crippen LogP contribution in [0.2, 0.25) is 0 Å². The van der Waals surface area contributed by atoms with Crippen molar-refractivity contribution in [1.29, 1.82) is 0 Å². The van der Waals surface area contributed by atoms with Crippen molar-refractivity contribution in [3.05, 3.63) is 61.1 Å². The Bertz CT molecular complexity index is 906. The van der Waals surface area contributed by atoms with Gasteiger partial charge in [-0.1, -0.05) is 6.07 Å². The molecule has 0 spiro atoms. The quantitative estimate of drug-likeness (QED) is 0.563. The highest BCUT2D eigenvalue weighted by atomic mass is 15.3. The number of fused-ring (bicyclic) bond motifs is 1. The molecule has 0 aliphatic carbocycles. The molecule has 4 aromatic rings. The largest absolute Gasteiger partial charge is 0.264 e. The Balaban J connectivity index is 1.83. The van der Waals surface area contributed by atoms with E-state index < -0.39 is 0 Å². The Morgan fingerprint density at radius 2 is 1.95 bits per heavy atom. The minimum absolute atomic E-state index is 0.788. The number of hydrogen-bond donors (Lipinski definition) is 0. The van der Waals surface area contributed by atoms with Gasteiger partial charge in [0.15, 0.2) is 5.65 Å². The minimum Gasteiger partial charge on any atom is -0.264 e. The lowest BCUT2D eigenvalue weighted by molar-refractivity contribution is 0.883. The third-order valence-corrected chi connectivity index (χ3v) is 3.31. The number of rotatable bonds is 2. The van der Waals surface area contributed by atoms with Gasteiger partial charge in [-0.2, -0.15) is 10.2 Å². The first-order valence-electron chi connectivity index (χ1n) is 6.58. The predicted molar refractivity (Wildman–Crippen MR) is 78.1 cm³/mol. The molecule has 0 aromatic carbocycles. The summed E-state index contributed by atoms with van der Waals surface area (Å²) in [7, 11) is 0. The molecule has 4 aromatic heterocycles. The normalized spacial score (nSPS) is 11.1. The van der Waals surface area contributed by atoms with Crippen LogP contribution >= 0.6 is 0 Å². The van der Waals surface area contributed by atoms with Crippen molar-refractivity contribution in [3.63, 3.8) is 0 Å². The van der Waals surface area contributed by atoms with E-state index >= 15 is 0 Å². The van der Waals surface area contributed by atoms with Gasteiger partial charge in [0.25, 0.3) is 0 Å². The van der Waals surface area contributed by atoms with Crippen LogP contribution in [0.15, 0.2) is 55.4 Å². The van der Waals surface area contributed by atoms with Gasteiger partial charge in [0, 0.05) is 41.6 Å². The summed E-state index contributed by atoms with van der Waals surface area (Å²) in [5.41, 5.74) is 4.63. The third kappa shape index (κ3) is 1.97. The second-order valence-corrected chi connectivity index (χ2v) is 4.78. The smallest absolute Gasteiger partial charge is 0.181 e. The molecule has 0 atom stereocenters. The topological polar surface area (TPSA) is 60.9 Å². The molecule has 0 unspecified atom stereocenters. The summed E-state index contributed by atoms with van der Waals surface area (Å²) < 4.78 is 3.53. The van der Waals surface area contributed by atoms with Crippen molar-refractivity contribution in [3.8, 4) is 16.8 Å². The highest BCUT2D eigenvalue weighted by Gasteiger charge is 2.10. The van der Waals surface area contributed by atoms with Crippen molar-refractivity contribution < 1.29 is 0 Å². The fraction of sp³-hybridized carbons (Fsp3) is 0.0667. The zero-order valence-electron chi connectivity index (χ0n) is 11.4. The average Bonchev–Trinajstić information content (AvgIpc) is 3.14. The molecule has 0 radical (unpaired) electrons. The zero-order chi connectivity index (χ0) is 14.2. The Hall–Kier alpha value is -3.02. The Labute approximate surface area is 120 Å². The Morgan fingerprint density at radius 3 is 2.81 bits per heavy atom. The maximum Gasteiger partial charge on any atom is 0.181 e. The molecule has 0 saturated carbocycles. The highest BCUT2D eigenvalue weighted by Crippen LogP contribution is 2.20. The van der Waals surface area contributed by atoms with E-state index in [1.807, 2.05) is 49.9 Å². The average molecular weight is 276 g/mol. The molecule has 0 N–H and O–H groups in total. The van der Waals surface area contributed by atoms with E-state index in [1.165, 1.54) is 0 Å². The fourth-order valence-electron chi connectivity index (χ4n) is 2.25. The van der Waals surface area contributed by atoms with Gasteiger partial charge < -0.3 is 0 Å². The summed E-state index contributed by atoms with van der Waals surface area (Å²) in [4.78, 5) is 8.65. The molecule has 4 rings (SSSR count). The van der Waals surface area contributed by atoms with Gasteiger partial charge in [-0.25, -0.2) is 14.2 Å². The molecule has 0 fully saturated rings. The maximum absolute atomic E-state index is 4.52. The van der Waals surface area contributed by atoms with Crippen LogP contribution in [0.25, 0.3) is 22.5 Å². The number of nitrogens with zero attached hydrogens (tertiary/aromatic N) is 6. The SMILES string of the molecule is Cc1ccn2ncc(-n3cc(-c4cccnc4)cn3)c2n1. The number of aromatic nitrogens is 6. The van der Waals surface area contributed by atoms with Gasteiger partial charge in [0.05, 0.1) is 12.4 Å². The van der Waals surface area contributed by atoms with Gasteiger partial charge in [-0.05, 0) is 19.1 Å². The molecule has 0 amide bonds. The second-order valence-electron chi connectivity index (χ2n) is 4.78. The molecule has 0 saturated heterocycles. The molecule has 6 nitrogen and oxygen atoms in total. The van der Waals surface area contributed by atoms with Crippen molar-refractivity contribution in [2.24, 2.45) is 0 Å². The number of hydrogen-bond acceptors (Lipinski definition) is 4. The molecule has 21 heavy (non-hydrogen) atoms. The fourth-order valence-corrected chi connectivity index (χ4v) is 2.25. The lowest BCUT2D eigenvalue weighted by Crippen LogP contribution is -1.97. The predicted octanol–water partition coefficient (Wildman–Crippen LogP) is 2.29. The Morgan fingerprint density at radius 1 is 1.00 bits per heavy atom. The van der Waals surface area contributed by atoms with Gasteiger partial charge in [-0.15, -0.1) is 0 Å². The molecular weight excluding hydrogens is 264 g/mol. The maximum atomic E-state index is 4.52. The van der Waals surface area contributed by atoms with E-state index in [0.29, 0.717) is 0 Å². The first kappa shape index (κ1) is 11.8. The van der Waals surface area contributed by atoms with Crippen LogP contribution in [0.5, 0.6) is 0 Å². The summed E-state index contributed by atoms with van der Waals surface area (Å²) in [6, 6.07) is 5.84. The molecule has 0 aliphatic heterocycles. The molecule has 4 heterocycles. The summed E-state index contributed by atoms with van der Waals surface area (Å²) in [5.74, 6) is 0. The molecule has 102 valence electrons. The van der Waals surface area contributed by atoms with E-state index in [1.54, 1.807) is 21.6 Å². The first-order chi connectivity index (χ1) is 10.3. The Kier molecular flexibility index (Phi) is 2.53. The van der Waals surface area contributed by atoms with E-state index in [-0.39, 0.29) is 0 Å². The van der Waals surface area contributed by atoms with Crippen molar-refractivity contribution >= 4 is 5.65 Å². The molecule has 0 bridgehead atoms. The minimum atomic E-state index is 0.788. The molecular formula is C15H12N6.